The molecule has 0 unspecified atom stereocenters. The van der Waals surface area contributed by atoms with Crippen LogP contribution in [0.15, 0.2) is 48.7 Å². The first-order valence-corrected chi connectivity index (χ1v) is 14.6. The number of carbonyl (C=O) groups excluding carboxylic acids is 3. The van der Waals surface area contributed by atoms with Gasteiger partial charge in [0, 0.05) is 29.4 Å². The third-order valence-corrected chi connectivity index (χ3v) is 6.46. The van der Waals surface area contributed by atoms with E-state index in [4.69, 9.17) is 18.9 Å². The van der Waals surface area contributed by atoms with Crippen molar-refractivity contribution in [3.8, 4) is 22.8 Å². The Morgan fingerprint density at radius 3 is 2.04 bits per heavy atom. The van der Waals surface area contributed by atoms with Crippen molar-refractivity contribution in [1.82, 2.24) is 15.6 Å². The number of ether oxygens (including phenoxy) is 4. The number of hydrogen-bond donors (Lipinski definition) is 2. The first kappa shape index (κ1) is 34.8. The number of nitrogens with one attached hydrogen (secondary N) is 2. The molecule has 0 aliphatic rings. The first-order chi connectivity index (χ1) is 21.1. The molecule has 11 heteroatoms. The topological polar surface area (TPSA) is 125 Å². The van der Waals surface area contributed by atoms with Gasteiger partial charge in [-0.1, -0.05) is 19.1 Å². The minimum absolute atomic E-state index is 0.0457. The average Bonchev–Trinajstić information content (AvgIpc) is 2.96. The number of methoxy groups -OCH3 is 2. The van der Waals surface area contributed by atoms with Crippen LogP contribution in [0.2, 0.25) is 0 Å². The van der Waals surface area contributed by atoms with Crippen molar-refractivity contribution in [2.75, 3.05) is 14.2 Å². The van der Waals surface area contributed by atoms with Gasteiger partial charge in [0.2, 0.25) is 5.78 Å². The van der Waals surface area contributed by atoms with Gasteiger partial charge in [0.25, 0.3) is 0 Å². The van der Waals surface area contributed by atoms with E-state index in [-0.39, 0.29) is 29.0 Å². The van der Waals surface area contributed by atoms with E-state index in [0.717, 1.165) is 5.56 Å². The van der Waals surface area contributed by atoms with E-state index in [1.807, 2.05) is 6.07 Å². The Bertz CT molecular complexity index is 1530. The predicted molar refractivity (Wildman–Crippen MR) is 168 cm³/mol. The molecule has 1 atom stereocenters. The third kappa shape index (κ3) is 9.41. The van der Waals surface area contributed by atoms with Crippen molar-refractivity contribution < 1.29 is 37.7 Å². The van der Waals surface area contributed by atoms with E-state index in [1.54, 1.807) is 66.7 Å². The molecule has 3 rings (SSSR count). The second kappa shape index (κ2) is 14.4. The summed E-state index contributed by atoms with van der Waals surface area (Å²) < 4.78 is 37.5. The maximum absolute atomic E-state index is 16.0. The minimum Gasteiger partial charge on any atom is -0.496 e. The van der Waals surface area contributed by atoms with Gasteiger partial charge in [-0.15, -0.1) is 0 Å². The normalized spacial score (nSPS) is 12.1. The smallest absolute Gasteiger partial charge is 0.408 e. The summed E-state index contributed by atoms with van der Waals surface area (Å²) in [4.78, 5) is 42.6. The second-order valence-corrected chi connectivity index (χ2v) is 12.3. The second-order valence-electron chi connectivity index (χ2n) is 12.3. The molecular formula is C34H42FN3O7. The van der Waals surface area contributed by atoms with Crippen LogP contribution in [0.25, 0.3) is 11.3 Å². The molecule has 10 nitrogen and oxygen atoms in total. The molecule has 0 fully saturated rings. The summed E-state index contributed by atoms with van der Waals surface area (Å²) in [5.74, 6) is -0.867. The Labute approximate surface area is 263 Å². The van der Waals surface area contributed by atoms with Crippen LogP contribution in [0.5, 0.6) is 11.5 Å². The van der Waals surface area contributed by atoms with Gasteiger partial charge in [-0.2, -0.15) is 0 Å². The molecule has 0 spiro atoms. The highest BCUT2D eigenvalue weighted by Crippen LogP contribution is 2.33. The van der Waals surface area contributed by atoms with E-state index in [0.29, 0.717) is 23.4 Å². The molecule has 0 aliphatic carbocycles. The monoisotopic (exact) mass is 623 g/mol. The number of aromatic nitrogens is 1. The fraction of sp³-hybridized carbons (Fsp3) is 0.412. The molecule has 2 aromatic carbocycles. The molecule has 0 radical (unpaired) electrons. The average molecular weight is 624 g/mol. The fourth-order valence-electron chi connectivity index (χ4n) is 4.46. The van der Waals surface area contributed by atoms with Gasteiger partial charge < -0.3 is 29.6 Å². The molecule has 1 heterocycles. The summed E-state index contributed by atoms with van der Waals surface area (Å²) in [6.07, 6.45) is 0.460. The minimum atomic E-state index is -0.807. The van der Waals surface area contributed by atoms with Gasteiger partial charge in [-0.3, -0.25) is 9.78 Å². The highest BCUT2D eigenvalue weighted by Gasteiger charge is 2.28. The number of carbonyl (C=O) groups is 3. The van der Waals surface area contributed by atoms with E-state index < -0.39 is 41.0 Å². The Morgan fingerprint density at radius 1 is 0.867 bits per heavy atom. The number of halogens is 1. The molecule has 0 aliphatic heterocycles. The predicted octanol–water partition coefficient (Wildman–Crippen LogP) is 7.14. The van der Waals surface area contributed by atoms with Crippen LogP contribution in [-0.4, -0.2) is 48.4 Å². The van der Waals surface area contributed by atoms with Crippen molar-refractivity contribution in [2.24, 2.45) is 0 Å². The highest BCUT2D eigenvalue weighted by molar-refractivity contribution is 6.11. The molecule has 0 bridgehead atoms. The van der Waals surface area contributed by atoms with Crippen molar-refractivity contribution in [3.63, 3.8) is 0 Å². The van der Waals surface area contributed by atoms with Crippen molar-refractivity contribution in [2.45, 2.75) is 78.7 Å². The van der Waals surface area contributed by atoms with Crippen LogP contribution in [0.1, 0.15) is 88.0 Å². The lowest BCUT2D eigenvalue weighted by Gasteiger charge is -2.24. The zero-order chi connectivity index (χ0) is 33.5. The van der Waals surface area contributed by atoms with E-state index in [9.17, 15) is 14.4 Å². The lowest BCUT2D eigenvalue weighted by molar-refractivity contribution is 0.0496. The van der Waals surface area contributed by atoms with Crippen LogP contribution in [0, 0.1) is 5.82 Å². The van der Waals surface area contributed by atoms with Gasteiger partial charge in [0.1, 0.15) is 34.1 Å². The van der Waals surface area contributed by atoms with Gasteiger partial charge in [-0.25, -0.2) is 14.0 Å². The van der Waals surface area contributed by atoms with Gasteiger partial charge in [0.15, 0.2) is 0 Å². The van der Waals surface area contributed by atoms with Crippen LogP contribution < -0.4 is 20.1 Å². The molecule has 2 amide bonds. The Balaban J connectivity index is 1.90. The third-order valence-electron chi connectivity index (χ3n) is 6.46. The van der Waals surface area contributed by atoms with Crippen LogP contribution in [0.4, 0.5) is 14.0 Å². The van der Waals surface area contributed by atoms with Crippen molar-refractivity contribution >= 4 is 18.0 Å². The van der Waals surface area contributed by atoms with Crippen molar-refractivity contribution in [1.29, 1.82) is 0 Å². The summed E-state index contributed by atoms with van der Waals surface area (Å²) >= 11 is 0. The summed E-state index contributed by atoms with van der Waals surface area (Å²) in [6, 6.07) is 10.8. The molecule has 242 valence electrons. The Morgan fingerprint density at radius 2 is 1.49 bits per heavy atom. The van der Waals surface area contributed by atoms with Gasteiger partial charge in [0.05, 0.1) is 26.0 Å². The quantitative estimate of drug-likeness (QED) is 0.229. The zero-order valence-electron chi connectivity index (χ0n) is 27.3. The molecule has 2 N–H and O–H groups in total. The van der Waals surface area contributed by atoms with E-state index in [1.165, 1.54) is 38.6 Å². The fourth-order valence-corrected chi connectivity index (χ4v) is 4.46. The number of ketones is 1. The van der Waals surface area contributed by atoms with Gasteiger partial charge >= 0.3 is 12.2 Å². The molecule has 0 saturated carbocycles. The first-order valence-electron chi connectivity index (χ1n) is 14.6. The standard InChI is InChI=1S/C34H42FN3O7/c1-10-24(38-32(41)45-34(5,6)7)22-13-16-27(43-9)28(29(22)35)30(39)21-12-14-25(36-19-21)23-17-20(11-15-26(23)42-8)18-37-31(40)44-33(2,3)4/h11-17,19,24H,10,18H2,1-9H3,(H,37,40)(H,38,41)/t24-/m1/s1. The van der Waals surface area contributed by atoms with Gasteiger partial charge in [-0.05, 0) is 83.9 Å². The number of rotatable bonds is 10. The number of alkyl carbamates (subject to hydrolysis) is 2. The Hall–Kier alpha value is -4.67. The highest BCUT2D eigenvalue weighted by atomic mass is 19.1. The lowest BCUT2D eigenvalue weighted by Crippen LogP contribution is -2.35. The SMILES string of the molecule is CC[C@@H](NC(=O)OC(C)(C)C)c1ccc(OC)c(C(=O)c2ccc(-c3cc(CNC(=O)OC(C)(C)C)ccc3OC)nc2)c1F. The Kier molecular flexibility index (Phi) is 11.1. The summed E-state index contributed by atoms with van der Waals surface area (Å²) in [5.41, 5.74) is 0.516. The number of nitrogens with zero attached hydrogens (tertiary/aromatic N) is 1. The lowest BCUT2D eigenvalue weighted by atomic mass is 9.95. The van der Waals surface area contributed by atoms with Crippen LogP contribution in [0.3, 0.4) is 0 Å². The number of hydrogen-bond acceptors (Lipinski definition) is 8. The maximum Gasteiger partial charge on any atom is 0.408 e. The maximum atomic E-state index is 16.0. The number of pyridine rings is 1. The summed E-state index contributed by atoms with van der Waals surface area (Å²) in [7, 11) is 2.87. The van der Waals surface area contributed by atoms with Crippen LogP contribution in [-0.2, 0) is 16.0 Å². The summed E-state index contributed by atoms with van der Waals surface area (Å²) in [5, 5.41) is 5.40. The molecule has 45 heavy (non-hydrogen) atoms. The summed E-state index contributed by atoms with van der Waals surface area (Å²) in [6.45, 7) is 12.5. The molecule has 1 aromatic heterocycles. The van der Waals surface area contributed by atoms with Crippen molar-refractivity contribution in [3.05, 3.63) is 76.7 Å². The van der Waals surface area contributed by atoms with E-state index in [2.05, 4.69) is 15.6 Å². The van der Waals surface area contributed by atoms with E-state index >= 15 is 4.39 Å². The molecule has 0 saturated heterocycles. The number of amides is 2. The molecular weight excluding hydrogens is 581 g/mol. The van der Waals surface area contributed by atoms with Crippen LogP contribution >= 0.6 is 0 Å². The largest absolute Gasteiger partial charge is 0.496 e. The number of benzene rings is 2. The zero-order valence-corrected chi connectivity index (χ0v) is 27.3. The molecule has 3 aromatic rings.